The van der Waals surface area contributed by atoms with E-state index in [2.05, 4.69) is 27.2 Å². The molecule has 1 aliphatic rings. The maximum atomic E-state index is 16.9. The third-order valence-electron chi connectivity index (χ3n) is 8.23. The van der Waals surface area contributed by atoms with Crippen LogP contribution in [-0.2, 0) is 19.9 Å². The molecule has 1 amide bonds. The number of rotatable bonds is 10. The van der Waals surface area contributed by atoms with Gasteiger partial charge in [-0.15, -0.1) is 0 Å². The first-order chi connectivity index (χ1) is 22.7. The number of aromatic amines is 1. The van der Waals surface area contributed by atoms with Crippen molar-refractivity contribution in [3.63, 3.8) is 0 Å². The number of hydrogen-bond donors (Lipinski definition) is 2. The minimum Gasteiger partial charge on any atom is -0.497 e. The van der Waals surface area contributed by atoms with Crippen molar-refractivity contribution in [1.82, 2.24) is 19.5 Å². The predicted molar refractivity (Wildman–Crippen MR) is 173 cm³/mol. The number of hydrogen-bond acceptors (Lipinski definition) is 8. The van der Waals surface area contributed by atoms with Crippen LogP contribution in [0.1, 0.15) is 36.8 Å². The number of benzene rings is 3. The lowest BCUT2D eigenvalue weighted by Crippen LogP contribution is -2.42. The largest absolute Gasteiger partial charge is 0.497 e. The van der Waals surface area contributed by atoms with Gasteiger partial charge in [-0.3, -0.25) is 24.5 Å². The van der Waals surface area contributed by atoms with Gasteiger partial charge in [0.05, 0.1) is 26.7 Å². The van der Waals surface area contributed by atoms with E-state index in [0.717, 1.165) is 5.56 Å². The van der Waals surface area contributed by atoms with Crippen LogP contribution in [0.2, 0.25) is 0 Å². The maximum absolute atomic E-state index is 16.9. The molecule has 0 spiro atoms. The Labute approximate surface area is 270 Å². The molecule has 2 aromatic heterocycles. The molecular weight excluding hydrogens is 605 g/mol. The van der Waals surface area contributed by atoms with Gasteiger partial charge in [-0.25, -0.2) is 9.37 Å². The van der Waals surface area contributed by atoms with Crippen molar-refractivity contribution in [2.45, 2.75) is 44.1 Å². The van der Waals surface area contributed by atoms with Crippen LogP contribution in [0.25, 0.3) is 11.2 Å². The van der Waals surface area contributed by atoms with Gasteiger partial charge in [-0.2, -0.15) is 4.98 Å². The Kier molecular flexibility index (Phi) is 8.80. The fourth-order valence-electron chi connectivity index (χ4n) is 5.72. The number of methoxy groups -OCH3 is 2. The summed E-state index contributed by atoms with van der Waals surface area (Å²) in [4.78, 5) is 36.2. The van der Waals surface area contributed by atoms with Crippen molar-refractivity contribution in [2.24, 2.45) is 5.92 Å². The molecule has 1 saturated heterocycles. The fraction of sp³-hybridized carbons (Fsp3) is 0.286. The second-order valence-electron chi connectivity index (χ2n) is 11.5. The van der Waals surface area contributed by atoms with Gasteiger partial charge >= 0.3 is 0 Å². The Balaban J connectivity index is 1.44. The number of amides is 1. The maximum Gasteiger partial charge on any atom is 0.280 e. The monoisotopic (exact) mass is 640 g/mol. The lowest BCUT2D eigenvalue weighted by molar-refractivity contribution is -0.118. The van der Waals surface area contributed by atoms with Crippen LogP contribution < -0.4 is 20.3 Å². The first kappa shape index (κ1) is 31.9. The molecule has 4 atom stereocenters. The number of alkyl halides is 1. The number of carbonyl (C=O) groups excluding carboxylic acids is 1. The molecular formula is C35H35FN5O6. The lowest BCUT2D eigenvalue weighted by atomic mass is 9.79. The van der Waals surface area contributed by atoms with E-state index in [1.54, 1.807) is 28.1 Å². The van der Waals surface area contributed by atoms with E-state index >= 15 is 4.39 Å². The summed E-state index contributed by atoms with van der Waals surface area (Å²) in [5, 5.41) is 2.58. The van der Waals surface area contributed by atoms with Gasteiger partial charge in [0, 0.05) is 5.92 Å². The lowest BCUT2D eigenvalue weighted by Gasteiger charge is -2.39. The zero-order valence-electron chi connectivity index (χ0n) is 26.3. The second kappa shape index (κ2) is 13.0. The van der Waals surface area contributed by atoms with Gasteiger partial charge < -0.3 is 18.9 Å². The third kappa shape index (κ3) is 5.85. The van der Waals surface area contributed by atoms with Gasteiger partial charge in [0.25, 0.3) is 5.56 Å². The number of fused-ring (bicyclic) bond motifs is 1. The highest BCUT2D eigenvalue weighted by Crippen LogP contribution is 2.46. The van der Waals surface area contributed by atoms with E-state index < -0.39 is 35.8 Å². The molecule has 0 bridgehead atoms. The Bertz CT molecular complexity index is 1860. The Hall–Kier alpha value is -5.07. The summed E-state index contributed by atoms with van der Waals surface area (Å²) in [7, 11) is 3.17. The summed E-state index contributed by atoms with van der Waals surface area (Å²) in [6, 6.07) is 24.3. The summed E-state index contributed by atoms with van der Waals surface area (Å²) >= 11 is 0. The van der Waals surface area contributed by atoms with Crippen LogP contribution in [0.3, 0.4) is 0 Å². The molecule has 11 nitrogen and oxygen atoms in total. The molecule has 47 heavy (non-hydrogen) atoms. The Morgan fingerprint density at radius 3 is 2.11 bits per heavy atom. The first-order valence-corrected chi connectivity index (χ1v) is 15.1. The van der Waals surface area contributed by atoms with Crippen molar-refractivity contribution < 1.29 is 28.1 Å². The van der Waals surface area contributed by atoms with E-state index in [-0.39, 0.29) is 28.9 Å². The van der Waals surface area contributed by atoms with Crippen LogP contribution in [-0.4, -0.2) is 58.0 Å². The number of imidazole rings is 1. The van der Waals surface area contributed by atoms with Crippen molar-refractivity contribution in [2.75, 3.05) is 19.5 Å². The van der Waals surface area contributed by atoms with Crippen molar-refractivity contribution in [1.29, 1.82) is 0 Å². The zero-order valence-corrected chi connectivity index (χ0v) is 26.3. The molecule has 0 unspecified atom stereocenters. The number of nitrogens with zero attached hydrogens (tertiary/aromatic N) is 3. The summed E-state index contributed by atoms with van der Waals surface area (Å²) in [5.74, 6) is 0.496. The molecule has 12 heteroatoms. The van der Waals surface area contributed by atoms with E-state index in [4.69, 9.17) is 18.9 Å². The molecule has 1 aliphatic heterocycles. The van der Waals surface area contributed by atoms with Gasteiger partial charge in [-0.05, 0) is 47.9 Å². The van der Waals surface area contributed by atoms with Crippen LogP contribution in [0.4, 0.5) is 10.3 Å². The highest BCUT2D eigenvalue weighted by Gasteiger charge is 2.51. The van der Waals surface area contributed by atoms with Crippen molar-refractivity contribution in [3.05, 3.63) is 119 Å². The molecule has 6 rings (SSSR count). The van der Waals surface area contributed by atoms with Crippen molar-refractivity contribution in [3.8, 4) is 11.5 Å². The number of ether oxygens (including phenoxy) is 4. The van der Waals surface area contributed by atoms with Crippen LogP contribution >= 0.6 is 0 Å². The van der Waals surface area contributed by atoms with Crippen LogP contribution in [0.15, 0.2) is 90.0 Å². The number of halogens is 1. The van der Waals surface area contributed by atoms with Gasteiger partial charge in [0.2, 0.25) is 11.9 Å². The van der Waals surface area contributed by atoms with E-state index in [1.807, 2.05) is 78.9 Å². The average Bonchev–Trinajstić information content (AvgIpc) is 3.63. The van der Waals surface area contributed by atoms with Gasteiger partial charge in [0.15, 0.2) is 23.6 Å². The van der Waals surface area contributed by atoms with E-state index in [0.29, 0.717) is 22.6 Å². The Morgan fingerprint density at radius 1 is 0.979 bits per heavy atom. The third-order valence-corrected chi connectivity index (χ3v) is 8.23. The highest BCUT2D eigenvalue weighted by molar-refractivity contribution is 5.91. The van der Waals surface area contributed by atoms with Crippen LogP contribution in [0.5, 0.6) is 11.5 Å². The number of aromatic nitrogens is 4. The molecule has 3 aromatic carbocycles. The molecule has 0 aliphatic carbocycles. The summed E-state index contributed by atoms with van der Waals surface area (Å²) in [5.41, 5.74) is 0.237. The Morgan fingerprint density at radius 2 is 1.55 bits per heavy atom. The molecule has 243 valence electrons. The van der Waals surface area contributed by atoms with Crippen LogP contribution in [0, 0.1) is 12.8 Å². The minimum atomic E-state index is -1.79. The summed E-state index contributed by atoms with van der Waals surface area (Å²) < 4.78 is 42.1. The number of carbonyl (C=O) groups is 1. The SMILES string of the molecule is [CH2][C@H]1O[C@@H](n2cnc3c(=O)[nH]c(NC(=O)C(C)C)nc32)[C@H](F)[C@@H]1OC(c1ccccc1)(c1ccc(OC)cc1)c1ccc(OC)cc1. The highest BCUT2D eigenvalue weighted by atomic mass is 19.1. The first-order valence-electron chi connectivity index (χ1n) is 15.1. The zero-order chi connectivity index (χ0) is 33.3. The summed E-state index contributed by atoms with van der Waals surface area (Å²) in [6.07, 6.45) is -4.00. The average molecular weight is 641 g/mol. The number of anilines is 1. The molecule has 2 N–H and O–H groups in total. The standard InChI is InChI=1S/C35H35FN5O6/c1-20(2)31(42)39-34-38-30-28(32(43)40-34)37-19-41(30)33-27(36)29(21(3)46-33)47-35(22-9-7-6-8-10-22,23-11-15-25(44-4)16-12-23)24-13-17-26(45-5)18-14-24/h6-21,27,29,33H,3H2,1-2,4-5H3,(H2,38,39,40,42,43)/t21-,27-,29-,33-/m1/s1. The van der Waals surface area contributed by atoms with Crippen molar-refractivity contribution >= 4 is 23.0 Å². The molecule has 5 aromatic rings. The molecule has 1 radical (unpaired) electrons. The molecule has 0 saturated carbocycles. The smallest absolute Gasteiger partial charge is 0.280 e. The normalized spacial score (nSPS) is 19.6. The van der Waals surface area contributed by atoms with Gasteiger partial charge in [0.1, 0.15) is 23.2 Å². The van der Waals surface area contributed by atoms with E-state index in [9.17, 15) is 9.59 Å². The summed E-state index contributed by atoms with van der Waals surface area (Å²) in [6.45, 7) is 7.53. The minimum absolute atomic E-state index is 0.0351. The fourth-order valence-corrected chi connectivity index (χ4v) is 5.72. The second-order valence-corrected chi connectivity index (χ2v) is 11.5. The molecule has 3 heterocycles. The number of nitrogens with one attached hydrogen (secondary N) is 2. The quantitative estimate of drug-likeness (QED) is 0.200. The number of H-pyrrole nitrogens is 1. The topological polar surface area (TPSA) is 130 Å². The van der Waals surface area contributed by atoms with E-state index in [1.165, 1.54) is 10.9 Å². The van der Waals surface area contributed by atoms with Gasteiger partial charge in [-0.1, -0.05) is 68.4 Å². The molecule has 1 fully saturated rings. The predicted octanol–water partition coefficient (Wildman–Crippen LogP) is 5.18.